The topological polar surface area (TPSA) is 46.5 Å². The number of aryl methyl sites for hydroxylation is 1. The lowest BCUT2D eigenvalue weighted by Gasteiger charge is -2.27. The first-order valence-electron chi connectivity index (χ1n) is 8.70. The molecule has 8 heteroatoms. The third-order valence-corrected chi connectivity index (χ3v) is 5.46. The largest absolute Gasteiger partial charge is 0.483 e. The maximum Gasteiger partial charge on any atom is 0.303 e. The number of carboxylic acid groups (broad SMARTS) is 1. The van der Waals surface area contributed by atoms with Gasteiger partial charge in [-0.1, -0.05) is 6.07 Å². The second kappa shape index (κ2) is 8.34. The maximum atomic E-state index is 14.2. The van der Waals surface area contributed by atoms with Crippen LogP contribution in [0, 0.1) is 11.6 Å². The summed E-state index contributed by atoms with van der Waals surface area (Å²) in [5, 5.41) is 10.5. The van der Waals surface area contributed by atoms with E-state index in [9.17, 15) is 22.4 Å². The third kappa shape index (κ3) is 4.92. The van der Waals surface area contributed by atoms with Gasteiger partial charge in [0.1, 0.15) is 6.61 Å². The van der Waals surface area contributed by atoms with E-state index >= 15 is 0 Å². The monoisotopic (exact) mass is 414 g/mol. The molecule has 1 N–H and O–H groups in total. The van der Waals surface area contributed by atoms with Crippen LogP contribution in [0.25, 0.3) is 5.57 Å². The van der Waals surface area contributed by atoms with Crippen LogP contribution >= 0.6 is 11.3 Å². The lowest BCUT2D eigenvalue weighted by atomic mass is 9.88. The van der Waals surface area contributed by atoms with Gasteiger partial charge < -0.3 is 9.84 Å². The third-order valence-electron chi connectivity index (χ3n) is 4.53. The smallest absolute Gasteiger partial charge is 0.303 e. The summed E-state index contributed by atoms with van der Waals surface area (Å²) in [4.78, 5) is 11.4. The van der Waals surface area contributed by atoms with Gasteiger partial charge in [0, 0.05) is 24.1 Å². The van der Waals surface area contributed by atoms with Crippen molar-refractivity contribution in [1.82, 2.24) is 0 Å². The predicted octanol–water partition coefficient (Wildman–Crippen LogP) is 5.70. The van der Waals surface area contributed by atoms with Gasteiger partial charge in [0.15, 0.2) is 17.4 Å². The zero-order valence-corrected chi connectivity index (χ0v) is 15.6. The van der Waals surface area contributed by atoms with Crippen molar-refractivity contribution in [2.24, 2.45) is 0 Å². The molecular formula is C20H18F4O3S. The summed E-state index contributed by atoms with van der Waals surface area (Å²) in [6, 6.07) is 5.64. The molecule has 0 amide bonds. The van der Waals surface area contributed by atoms with E-state index in [1.807, 2.05) is 17.5 Å². The van der Waals surface area contributed by atoms with Crippen LogP contribution in [-0.4, -0.2) is 23.6 Å². The summed E-state index contributed by atoms with van der Waals surface area (Å²) < 4.78 is 61.5. The molecule has 0 unspecified atom stereocenters. The quantitative estimate of drug-likeness (QED) is 0.592. The van der Waals surface area contributed by atoms with Crippen LogP contribution in [0.3, 0.4) is 0 Å². The molecule has 1 aliphatic rings. The second-order valence-electron chi connectivity index (χ2n) is 6.66. The number of carboxylic acids is 1. The van der Waals surface area contributed by atoms with Crippen LogP contribution in [0.5, 0.6) is 5.75 Å². The van der Waals surface area contributed by atoms with Crippen molar-refractivity contribution < 1.29 is 32.2 Å². The number of alkyl halides is 2. The van der Waals surface area contributed by atoms with Crippen LogP contribution in [0.4, 0.5) is 17.6 Å². The van der Waals surface area contributed by atoms with E-state index < -0.39 is 35.7 Å². The minimum Gasteiger partial charge on any atom is -0.483 e. The van der Waals surface area contributed by atoms with Crippen LogP contribution in [0.15, 0.2) is 35.2 Å². The average Bonchev–Trinajstić information content (AvgIpc) is 3.13. The fraction of sp³-hybridized carbons (Fsp3) is 0.350. The van der Waals surface area contributed by atoms with Gasteiger partial charge in [-0.2, -0.15) is 0 Å². The number of rotatable bonds is 7. The summed E-state index contributed by atoms with van der Waals surface area (Å²) in [5.74, 6) is -6.57. The van der Waals surface area contributed by atoms with Gasteiger partial charge in [0.25, 0.3) is 5.92 Å². The number of allylic oxidation sites excluding steroid dienone is 1. The number of aliphatic carboxylic acids is 1. The first-order chi connectivity index (χ1) is 13.2. The summed E-state index contributed by atoms with van der Waals surface area (Å²) in [6.07, 6.45) is -0.898. The van der Waals surface area contributed by atoms with Crippen molar-refractivity contribution >= 4 is 22.9 Å². The molecule has 1 aliphatic carbocycles. The van der Waals surface area contributed by atoms with E-state index in [1.165, 1.54) is 11.3 Å². The number of ether oxygens (including phenoxy) is 1. The minimum atomic E-state index is -2.88. The highest BCUT2D eigenvalue weighted by Crippen LogP contribution is 2.42. The number of carbonyl (C=O) groups is 1. The van der Waals surface area contributed by atoms with Gasteiger partial charge in [-0.15, -0.1) is 11.3 Å². The van der Waals surface area contributed by atoms with Crippen molar-refractivity contribution in [3.8, 4) is 5.75 Å². The molecule has 0 aliphatic heterocycles. The Morgan fingerprint density at radius 2 is 1.96 bits per heavy atom. The second-order valence-corrected chi connectivity index (χ2v) is 7.61. The summed E-state index contributed by atoms with van der Waals surface area (Å²) in [5.41, 5.74) is 1.25. The lowest BCUT2D eigenvalue weighted by molar-refractivity contribution is -0.136. The number of thiophene rings is 1. The van der Waals surface area contributed by atoms with Crippen LogP contribution in [0.1, 0.15) is 36.1 Å². The van der Waals surface area contributed by atoms with Gasteiger partial charge in [-0.05, 0) is 53.1 Å². The standard InChI is InChI=1S/C20H18F4O3S/c21-15-8-12(3-4-18(25)26)9-16(22)19(15)27-11-13-10-20(23,24)6-5-14(13)17-2-1-7-28-17/h1-2,7-9H,3-6,10-11H2,(H,25,26). The molecule has 28 heavy (non-hydrogen) atoms. The van der Waals surface area contributed by atoms with Crippen LogP contribution in [0.2, 0.25) is 0 Å². The molecule has 1 aromatic heterocycles. The molecule has 150 valence electrons. The van der Waals surface area contributed by atoms with Crippen molar-refractivity contribution in [1.29, 1.82) is 0 Å². The molecule has 0 bridgehead atoms. The highest BCUT2D eigenvalue weighted by Gasteiger charge is 2.36. The molecule has 0 atom stereocenters. The van der Waals surface area contributed by atoms with Gasteiger partial charge >= 0.3 is 5.97 Å². The number of hydrogen-bond donors (Lipinski definition) is 1. The van der Waals surface area contributed by atoms with E-state index in [1.54, 1.807) is 0 Å². The van der Waals surface area contributed by atoms with Crippen molar-refractivity contribution in [3.05, 3.63) is 57.3 Å². The number of halogens is 4. The normalized spacial score (nSPS) is 16.3. The molecule has 0 radical (unpaired) electrons. The van der Waals surface area contributed by atoms with E-state index in [-0.39, 0.29) is 37.9 Å². The summed E-state index contributed by atoms with van der Waals surface area (Å²) >= 11 is 1.42. The van der Waals surface area contributed by atoms with Gasteiger partial charge in [0.2, 0.25) is 0 Å². The Labute approximate surface area is 163 Å². The maximum absolute atomic E-state index is 14.2. The first kappa shape index (κ1) is 20.4. The highest BCUT2D eigenvalue weighted by molar-refractivity contribution is 7.11. The summed E-state index contributed by atoms with van der Waals surface area (Å²) in [7, 11) is 0. The molecule has 0 saturated heterocycles. The molecular weight excluding hydrogens is 396 g/mol. The minimum absolute atomic E-state index is 0.0244. The first-order valence-corrected chi connectivity index (χ1v) is 9.58. The average molecular weight is 414 g/mol. The Bertz CT molecular complexity index is 868. The molecule has 3 nitrogen and oxygen atoms in total. The Hall–Kier alpha value is -2.35. The van der Waals surface area contributed by atoms with Gasteiger partial charge in [-0.25, -0.2) is 17.6 Å². The van der Waals surface area contributed by atoms with E-state index in [4.69, 9.17) is 9.84 Å². The lowest BCUT2D eigenvalue weighted by Crippen LogP contribution is -2.24. The molecule has 2 aromatic rings. The Kier molecular flexibility index (Phi) is 6.07. The van der Waals surface area contributed by atoms with E-state index in [0.29, 0.717) is 5.57 Å². The molecule has 1 aromatic carbocycles. The van der Waals surface area contributed by atoms with Crippen molar-refractivity contribution in [2.45, 2.75) is 38.0 Å². The molecule has 0 spiro atoms. The number of benzene rings is 1. The molecule has 0 fully saturated rings. The SMILES string of the molecule is O=C(O)CCc1cc(F)c(OCC2=C(c3cccs3)CCC(F)(F)C2)c(F)c1. The summed E-state index contributed by atoms with van der Waals surface area (Å²) in [6.45, 7) is -0.342. The van der Waals surface area contributed by atoms with Crippen molar-refractivity contribution in [3.63, 3.8) is 0 Å². The Morgan fingerprint density at radius 1 is 1.25 bits per heavy atom. The fourth-order valence-electron chi connectivity index (χ4n) is 3.18. The molecule has 1 heterocycles. The Morgan fingerprint density at radius 3 is 2.57 bits per heavy atom. The van der Waals surface area contributed by atoms with Crippen molar-refractivity contribution in [2.75, 3.05) is 6.61 Å². The highest BCUT2D eigenvalue weighted by atomic mass is 32.1. The van der Waals surface area contributed by atoms with Gasteiger partial charge in [0.05, 0.1) is 0 Å². The zero-order valence-electron chi connectivity index (χ0n) is 14.8. The van der Waals surface area contributed by atoms with Crippen LogP contribution < -0.4 is 4.74 Å². The molecule has 3 rings (SSSR count). The van der Waals surface area contributed by atoms with Crippen LogP contribution in [-0.2, 0) is 11.2 Å². The number of hydrogen-bond acceptors (Lipinski definition) is 3. The van der Waals surface area contributed by atoms with E-state index in [2.05, 4.69) is 0 Å². The Balaban J connectivity index is 1.80. The van der Waals surface area contributed by atoms with Gasteiger partial charge in [-0.3, -0.25) is 4.79 Å². The van der Waals surface area contributed by atoms with E-state index in [0.717, 1.165) is 22.6 Å². The zero-order chi connectivity index (χ0) is 20.3. The predicted molar refractivity (Wildman–Crippen MR) is 97.8 cm³/mol. The molecule has 0 saturated carbocycles. The fourth-order valence-corrected chi connectivity index (χ4v) is 4.03.